The normalized spacial score (nSPS) is 13.9. The first-order valence-electron chi connectivity index (χ1n) is 7.45. The molecule has 0 aliphatic heterocycles. The molecule has 1 nitrogen and oxygen atoms in total. The number of rotatable bonds is 3. The second-order valence-corrected chi connectivity index (χ2v) is 5.21. The average Bonchev–Trinajstić information content (AvgIpc) is 2.67. The van der Waals surface area contributed by atoms with E-state index in [9.17, 15) is 0 Å². The monoisotopic (exact) mass is 263 g/mol. The molecular weight excluding hydrogens is 242 g/mol. The van der Waals surface area contributed by atoms with Crippen LogP contribution in [0.1, 0.15) is 42.1 Å². The molecule has 0 heterocycles. The molecule has 0 N–H and O–H groups in total. The van der Waals surface area contributed by atoms with Crippen LogP contribution in [-0.4, -0.2) is 18.0 Å². The van der Waals surface area contributed by atoms with Gasteiger partial charge in [0.1, 0.15) is 0 Å². The van der Waals surface area contributed by atoms with Crippen LogP contribution in [0, 0.1) is 0 Å². The Hall–Kier alpha value is -1.86. The van der Waals surface area contributed by atoms with E-state index in [2.05, 4.69) is 79.4 Å². The number of fused-ring (bicyclic) bond motifs is 2. The van der Waals surface area contributed by atoms with Gasteiger partial charge in [-0.2, -0.15) is 0 Å². The minimum absolute atomic E-state index is 0.354. The topological polar surface area (TPSA) is 3.24 Å². The average molecular weight is 263 g/mol. The largest absolute Gasteiger partial charge is 0.293 e. The lowest BCUT2D eigenvalue weighted by molar-refractivity contribution is 0.250. The van der Waals surface area contributed by atoms with Gasteiger partial charge in [-0.15, -0.1) is 0 Å². The van der Waals surface area contributed by atoms with E-state index in [1.807, 2.05) is 0 Å². The van der Waals surface area contributed by atoms with Crippen LogP contribution in [0.25, 0.3) is 12.2 Å². The summed E-state index contributed by atoms with van der Waals surface area (Å²) in [5.41, 5.74) is 5.50. The Kier molecular flexibility index (Phi) is 3.70. The highest BCUT2D eigenvalue weighted by molar-refractivity contribution is 5.76. The van der Waals surface area contributed by atoms with Crippen molar-refractivity contribution >= 4 is 12.2 Å². The van der Waals surface area contributed by atoms with Crippen molar-refractivity contribution in [2.45, 2.75) is 19.9 Å². The molecule has 1 heteroatoms. The fourth-order valence-corrected chi connectivity index (χ4v) is 3.15. The second-order valence-electron chi connectivity index (χ2n) is 5.21. The zero-order valence-electron chi connectivity index (χ0n) is 12.2. The van der Waals surface area contributed by atoms with Crippen LogP contribution in [0.4, 0.5) is 0 Å². The Bertz CT molecular complexity index is 574. The summed E-state index contributed by atoms with van der Waals surface area (Å²) < 4.78 is 0. The predicted molar refractivity (Wildman–Crippen MR) is 86.6 cm³/mol. The molecule has 2 aromatic rings. The summed E-state index contributed by atoms with van der Waals surface area (Å²) in [6.45, 7) is 6.60. The molecule has 3 rings (SSSR count). The van der Waals surface area contributed by atoms with Crippen LogP contribution in [-0.2, 0) is 0 Å². The van der Waals surface area contributed by atoms with Crippen LogP contribution in [0.3, 0.4) is 0 Å². The molecule has 2 aromatic carbocycles. The molecule has 0 bridgehead atoms. The zero-order valence-corrected chi connectivity index (χ0v) is 12.2. The van der Waals surface area contributed by atoms with Crippen LogP contribution < -0.4 is 0 Å². The van der Waals surface area contributed by atoms with Gasteiger partial charge in [-0.25, -0.2) is 0 Å². The zero-order chi connectivity index (χ0) is 13.9. The minimum atomic E-state index is 0.354. The van der Waals surface area contributed by atoms with Gasteiger partial charge >= 0.3 is 0 Å². The van der Waals surface area contributed by atoms with Gasteiger partial charge in [0.2, 0.25) is 0 Å². The third kappa shape index (κ3) is 2.19. The van der Waals surface area contributed by atoms with Crippen molar-refractivity contribution in [2.75, 3.05) is 13.1 Å². The summed E-state index contributed by atoms with van der Waals surface area (Å²) in [6, 6.07) is 17.9. The third-order valence-corrected chi connectivity index (χ3v) is 4.20. The van der Waals surface area contributed by atoms with Gasteiger partial charge in [0.25, 0.3) is 0 Å². The molecule has 1 aliphatic rings. The molecule has 0 amide bonds. The van der Waals surface area contributed by atoms with E-state index < -0.39 is 0 Å². The summed E-state index contributed by atoms with van der Waals surface area (Å²) in [4.78, 5) is 2.53. The number of benzene rings is 2. The van der Waals surface area contributed by atoms with Crippen molar-refractivity contribution in [3.63, 3.8) is 0 Å². The van der Waals surface area contributed by atoms with E-state index in [1.165, 1.54) is 22.3 Å². The lowest BCUT2D eigenvalue weighted by atomic mass is 9.93. The Morgan fingerprint density at radius 1 is 0.750 bits per heavy atom. The molecule has 0 saturated carbocycles. The van der Waals surface area contributed by atoms with Crippen LogP contribution >= 0.6 is 0 Å². The molecule has 20 heavy (non-hydrogen) atoms. The quantitative estimate of drug-likeness (QED) is 0.782. The fraction of sp³-hybridized carbons (Fsp3) is 0.263. The number of hydrogen-bond donors (Lipinski definition) is 0. The molecular formula is C19H21N. The number of nitrogens with zero attached hydrogens (tertiary/aromatic N) is 1. The Morgan fingerprint density at radius 2 is 1.20 bits per heavy atom. The first-order valence-corrected chi connectivity index (χ1v) is 7.45. The van der Waals surface area contributed by atoms with E-state index >= 15 is 0 Å². The maximum absolute atomic E-state index is 2.53. The Labute approximate surface area is 121 Å². The van der Waals surface area contributed by atoms with Crippen LogP contribution in [0.15, 0.2) is 48.5 Å². The standard InChI is InChI=1S/C19H21N/c1-3-20(4-2)19-17-11-7-5-9-15(17)13-14-16-10-6-8-12-18(16)19/h5-14,19H,3-4H2,1-2H3. The second kappa shape index (κ2) is 5.64. The van der Waals surface area contributed by atoms with Crippen molar-refractivity contribution in [3.8, 4) is 0 Å². The summed E-state index contributed by atoms with van der Waals surface area (Å²) in [7, 11) is 0. The lowest BCUT2D eigenvalue weighted by Crippen LogP contribution is -2.30. The minimum Gasteiger partial charge on any atom is -0.293 e. The third-order valence-electron chi connectivity index (χ3n) is 4.20. The van der Waals surface area contributed by atoms with E-state index in [0.717, 1.165) is 13.1 Å². The Balaban J connectivity index is 2.23. The fourth-order valence-electron chi connectivity index (χ4n) is 3.15. The van der Waals surface area contributed by atoms with E-state index in [-0.39, 0.29) is 0 Å². The molecule has 0 unspecified atom stereocenters. The van der Waals surface area contributed by atoms with Gasteiger partial charge < -0.3 is 0 Å². The molecule has 0 fully saturated rings. The highest BCUT2D eigenvalue weighted by Crippen LogP contribution is 2.36. The lowest BCUT2D eigenvalue weighted by Gasteiger charge is -2.31. The summed E-state index contributed by atoms with van der Waals surface area (Å²) in [5.74, 6) is 0. The van der Waals surface area contributed by atoms with Crippen LogP contribution in [0.5, 0.6) is 0 Å². The smallest absolute Gasteiger partial charge is 0.0613 e. The van der Waals surface area contributed by atoms with Gasteiger partial charge in [-0.05, 0) is 35.3 Å². The van der Waals surface area contributed by atoms with Crippen molar-refractivity contribution in [3.05, 3.63) is 70.8 Å². The first-order chi connectivity index (χ1) is 9.85. The molecule has 0 atom stereocenters. The van der Waals surface area contributed by atoms with Crippen molar-refractivity contribution in [1.29, 1.82) is 0 Å². The van der Waals surface area contributed by atoms with Gasteiger partial charge in [0.05, 0.1) is 6.04 Å². The first kappa shape index (κ1) is 13.1. The van der Waals surface area contributed by atoms with E-state index in [4.69, 9.17) is 0 Å². The van der Waals surface area contributed by atoms with Crippen LogP contribution in [0.2, 0.25) is 0 Å². The van der Waals surface area contributed by atoms with Gasteiger partial charge in [-0.1, -0.05) is 74.5 Å². The highest BCUT2D eigenvalue weighted by Gasteiger charge is 2.24. The SMILES string of the molecule is CCN(CC)C1c2ccccc2C=Cc2ccccc21. The number of hydrogen-bond acceptors (Lipinski definition) is 1. The van der Waals surface area contributed by atoms with Crippen molar-refractivity contribution < 1.29 is 0 Å². The molecule has 102 valence electrons. The highest BCUT2D eigenvalue weighted by atomic mass is 15.1. The molecule has 0 spiro atoms. The van der Waals surface area contributed by atoms with Crippen molar-refractivity contribution in [2.24, 2.45) is 0 Å². The molecule has 0 aromatic heterocycles. The van der Waals surface area contributed by atoms with Crippen molar-refractivity contribution in [1.82, 2.24) is 4.90 Å². The predicted octanol–water partition coefficient (Wildman–Crippen LogP) is 4.60. The Morgan fingerprint density at radius 3 is 1.65 bits per heavy atom. The van der Waals surface area contributed by atoms with E-state index in [0.29, 0.717) is 6.04 Å². The summed E-state index contributed by atoms with van der Waals surface area (Å²) >= 11 is 0. The summed E-state index contributed by atoms with van der Waals surface area (Å²) in [6.07, 6.45) is 4.50. The van der Waals surface area contributed by atoms with Gasteiger partial charge in [0, 0.05) is 0 Å². The molecule has 0 radical (unpaired) electrons. The molecule has 1 aliphatic carbocycles. The van der Waals surface area contributed by atoms with Gasteiger partial charge in [-0.3, -0.25) is 4.90 Å². The summed E-state index contributed by atoms with van der Waals surface area (Å²) in [5, 5.41) is 0. The maximum Gasteiger partial charge on any atom is 0.0613 e. The van der Waals surface area contributed by atoms with Gasteiger partial charge in [0.15, 0.2) is 0 Å². The maximum atomic E-state index is 2.53. The van der Waals surface area contributed by atoms with E-state index in [1.54, 1.807) is 0 Å². The molecule has 0 saturated heterocycles.